The fourth-order valence-corrected chi connectivity index (χ4v) is 4.22. The van der Waals surface area contributed by atoms with Gasteiger partial charge >= 0.3 is 0 Å². The largest absolute Gasteiger partial charge is 0.467 e. The first-order chi connectivity index (χ1) is 18.7. The van der Waals surface area contributed by atoms with Crippen molar-refractivity contribution in [3.05, 3.63) is 127 Å². The molecule has 0 bridgehead atoms. The van der Waals surface area contributed by atoms with Crippen LogP contribution in [-0.2, 0) is 22.6 Å². The molecular weight excluding hydrogens is 476 g/mol. The van der Waals surface area contributed by atoms with Gasteiger partial charge in [0.25, 0.3) is 0 Å². The third-order valence-corrected chi connectivity index (χ3v) is 6.13. The molecule has 5 rings (SSSR count). The summed E-state index contributed by atoms with van der Waals surface area (Å²) in [6, 6.07) is 34.6. The summed E-state index contributed by atoms with van der Waals surface area (Å²) in [7, 11) is 0. The van der Waals surface area contributed by atoms with Crippen LogP contribution in [0.2, 0.25) is 0 Å². The average Bonchev–Trinajstić information content (AvgIpc) is 3.63. The van der Waals surface area contributed by atoms with Gasteiger partial charge in [0.15, 0.2) is 0 Å². The number of amides is 2. The maximum atomic E-state index is 13.3. The second-order valence-corrected chi connectivity index (χ2v) is 8.89. The number of carbonyl (C=O) groups is 2. The zero-order valence-electron chi connectivity index (χ0n) is 20.9. The van der Waals surface area contributed by atoms with Crippen LogP contribution in [0.5, 0.6) is 0 Å². The number of aromatic nitrogens is 2. The van der Waals surface area contributed by atoms with E-state index in [-0.39, 0.29) is 31.3 Å². The van der Waals surface area contributed by atoms with Crippen molar-refractivity contribution in [2.75, 3.05) is 11.9 Å². The van der Waals surface area contributed by atoms with Gasteiger partial charge in [0, 0.05) is 18.1 Å². The minimum absolute atomic E-state index is 0.116. The van der Waals surface area contributed by atoms with Crippen LogP contribution in [-0.4, -0.2) is 33.0 Å². The summed E-state index contributed by atoms with van der Waals surface area (Å²) >= 11 is 0. The van der Waals surface area contributed by atoms with E-state index in [4.69, 9.17) is 9.52 Å². The van der Waals surface area contributed by atoms with Crippen LogP contribution in [0.25, 0.3) is 16.9 Å². The Kier molecular flexibility index (Phi) is 7.75. The summed E-state index contributed by atoms with van der Waals surface area (Å²) in [5.74, 6) is 0.699. The Morgan fingerprint density at radius 3 is 2.21 bits per heavy atom. The fraction of sp³-hybridized carbons (Fsp3) is 0.129. The zero-order valence-corrected chi connectivity index (χ0v) is 20.9. The van der Waals surface area contributed by atoms with Crippen molar-refractivity contribution in [2.24, 2.45) is 0 Å². The van der Waals surface area contributed by atoms with Gasteiger partial charge in [0.2, 0.25) is 11.8 Å². The predicted octanol–water partition coefficient (Wildman–Crippen LogP) is 5.73. The molecule has 2 amide bonds. The molecule has 5 aromatic rings. The number of aryl methyl sites for hydroxylation is 1. The molecule has 0 spiro atoms. The summed E-state index contributed by atoms with van der Waals surface area (Å²) in [4.78, 5) is 28.0. The molecular formula is C31H28N4O3. The highest BCUT2D eigenvalue weighted by molar-refractivity contribution is 5.94. The Morgan fingerprint density at radius 1 is 0.842 bits per heavy atom. The van der Waals surface area contributed by atoms with Gasteiger partial charge in [-0.25, -0.2) is 4.68 Å². The summed E-state index contributed by atoms with van der Waals surface area (Å²) in [6.07, 6.45) is 2.45. The van der Waals surface area contributed by atoms with Gasteiger partial charge in [0.1, 0.15) is 18.1 Å². The van der Waals surface area contributed by atoms with Crippen molar-refractivity contribution < 1.29 is 14.0 Å². The third-order valence-electron chi connectivity index (χ3n) is 6.13. The number of hydrogen-bond donors (Lipinski definition) is 1. The van der Waals surface area contributed by atoms with Crippen LogP contribution < -0.4 is 5.32 Å². The molecule has 0 saturated carbocycles. The predicted molar refractivity (Wildman–Crippen MR) is 147 cm³/mol. The third kappa shape index (κ3) is 6.25. The standard InChI is InChI=1S/C31H28N4O3/c36-30(23-34(22-27-17-10-20-38-27)31(37)19-18-24-11-4-1-5-12-24)32-29-21-28(25-13-6-2-7-14-25)33-35(29)26-15-8-3-9-16-26/h1-17,20-21H,18-19,22-23H2,(H,32,36). The van der Waals surface area contributed by atoms with Gasteiger partial charge in [-0.15, -0.1) is 0 Å². The highest BCUT2D eigenvalue weighted by atomic mass is 16.3. The summed E-state index contributed by atoms with van der Waals surface area (Å²) in [6.45, 7) is 0.0935. The van der Waals surface area contributed by atoms with Gasteiger partial charge in [-0.3, -0.25) is 9.59 Å². The number of carbonyl (C=O) groups excluding carboxylic acids is 2. The lowest BCUT2D eigenvalue weighted by Gasteiger charge is -2.21. The summed E-state index contributed by atoms with van der Waals surface area (Å²) < 4.78 is 7.17. The smallest absolute Gasteiger partial charge is 0.245 e. The highest BCUT2D eigenvalue weighted by Gasteiger charge is 2.21. The first kappa shape index (κ1) is 24.8. The number of anilines is 1. The molecule has 7 heteroatoms. The molecule has 0 atom stereocenters. The normalized spacial score (nSPS) is 10.7. The van der Waals surface area contributed by atoms with Crippen molar-refractivity contribution in [1.29, 1.82) is 0 Å². The van der Waals surface area contributed by atoms with E-state index in [0.717, 1.165) is 22.5 Å². The number of rotatable bonds is 10. The molecule has 2 aromatic heterocycles. The van der Waals surface area contributed by atoms with Crippen molar-refractivity contribution in [1.82, 2.24) is 14.7 Å². The molecule has 3 aromatic carbocycles. The SMILES string of the molecule is O=C(CN(Cc1ccco1)C(=O)CCc1ccccc1)Nc1cc(-c2ccccc2)nn1-c1ccccc1. The van der Waals surface area contributed by atoms with Crippen molar-refractivity contribution in [3.8, 4) is 16.9 Å². The lowest BCUT2D eigenvalue weighted by atomic mass is 10.1. The molecule has 0 fully saturated rings. The van der Waals surface area contributed by atoms with Gasteiger partial charge < -0.3 is 14.6 Å². The zero-order chi connectivity index (χ0) is 26.2. The average molecular weight is 505 g/mol. The lowest BCUT2D eigenvalue weighted by molar-refractivity contribution is -0.135. The van der Waals surface area contributed by atoms with Crippen molar-refractivity contribution in [3.63, 3.8) is 0 Å². The first-order valence-corrected chi connectivity index (χ1v) is 12.5. The fourth-order valence-electron chi connectivity index (χ4n) is 4.22. The molecule has 190 valence electrons. The number of nitrogens with zero attached hydrogens (tertiary/aromatic N) is 3. The maximum absolute atomic E-state index is 13.3. The number of furan rings is 1. The topological polar surface area (TPSA) is 80.4 Å². The van der Waals surface area contributed by atoms with Gasteiger partial charge in [0.05, 0.1) is 24.2 Å². The van der Waals surface area contributed by atoms with Crippen LogP contribution in [0.4, 0.5) is 5.82 Å². The molecule has 0 aliphatic heterocycles. The molecule has 38 heavy (non-hydrogen) atoms. The Labute approximate surface area is 221 Å². The van der Waals surface area contributed by atoms with E-state index < -0.39 is 0 Å². The first-order valence-electron chi connectivity index (χ1n) is 12.5. The van der Waals surface area contributed by atoms with Gasteiger partial charge in [-0.05, 0) is 36.2 Å². The molecule has 0 radical (unpaired) electrons. The van der Waals surface area contributed by atoms with E-state index in [1.165, 1.54) is 4.90 Å². The van der Waals surface area contributed by atoms with E-state index in [2.05, 4.69) is 5.32 Å². The second kappa shape index (κ2) is 11.9. The number of hydrogen-bond acceptors (Lipinski definition) is 4. The second-order valence-electron chi connectivity index (χ2n) is 8.89. The van der Waals surface area contributed by atoms with E-state index in [1.807, 2.05) is 97.1 Å². The molecule has 7 nitrogen and oxygen atoms in total. The monoisotopic (exact) mass is 504 g/mol. The van der Waals surface area contributed by atoms with E-state index in [1.54, 1.807) is 23.1 Å². The number of para-hydroxylation sites is 1. The van der Waals surface area contributed by atoms with Crippen LogP contribution in [0.1, 0.15) is 17.7 Å². The lowest BCUT2D eigenvalue weighted by Crippen LogP contribution is -2.37. The summed E-state index contributed by atoms with van der Waals surface area (Å²) in [5, 5.41) is 7.72. The molecule has 1 N–H and O–H groups in total. The quantitative estimate of drug-likeness (QED) is 0.263. The molecule has 2 heterocycles. The number of benzene rings is 3. The maximum Gasteiger partial charge on any atom is 0.245 e. The van der Waals surface area contributed by atoms with E-state index >= 15 is 0 Å². The van der Waals surface area contributed by atoms with Crippen molar-refractivity contribution >= 4 is 17.6 Å². The van der Waals surface area contributed by atoms with Crippen LogP contribution in [0.15, 0.2) is 120 Å². The summed E-state index contributed by atoms with van der Waals surface area (Å²) in [5.41, 5.74) is 3.56. The minimum atomic E-state index is -0.318. The Bertz CT molecular complexity index is 1460. The molecule has 0 aliphatic rings. The van der Waals surface area contributed by atoms with E-state index in [0.29, 0.717) is 18.0 Å². The van der Waals surface area contributed by atoms with Crippen LogP contribution >= 0.6 is 0 Å². The minimum Gasteiger partial charge on any atom is -0.467 e. The number of nitrogens with one attached hydrogen (secondary N) is 1. The van der Waals surface area contributed by atoms with Crippen LogP contribution in [0.3, 0.4) is 0 Å². The van der Waals surface area contributed by atoms with Gasteiger partial charge in [-0.1, -0.05) is 78.9 Å². The van der Waals surface area contributed by atoms with Gasteiger partial charge in [-0.2, -0.15) is 5.10 Å². The van der Waals surface area contributed by atoms with Crippen LogP contribution in [0, 0.1) is 0 Å². The molecule has 0 unspecified atom stereocenters. The molecule has 0 aliphatic carbocycles. The Hall–Kier alpha value is -4.91. The van der Waals surface area contributed by atoms with Crippen molar-refractivity contribution in [2.45, 2.75) is 19.4 Å². The highest BCUT2D eigenvalue weighted by Crippen LogP contribution is 2.25. The Morgan fingerprint density at radius 2 is 1.53 bits per heavy atom. The Balaban J connectivity index is 1.35. The van der Waals surface area contributed by atoms with E-state index in [9.17, 15) is 9.59 Å². The molecule has 0 saturated heterocycles.